The Kier molecular flexibility index (Phi) is 9.88. The highest BCUT2D eigenvalue weighted by Gasteiger charge is 2.18. The van der Waals surface area contributed by atoms with Gasteiger partial charge < -0.3 is 14.3 Å². The van der Waals surface area contributed by atoms with Crippen LogP contribution in [0.3, 0.4) is 0 Å². The van der Waals surface area contributed by atoms with Crippen LogP contribution in [0.15, 0.2) is 18.2 Å². The third kappa shape index (κ3) is 9.01. The van der Waals surface area contributed by atoms with Crippen molar-refractivity contribution >= 4 is 8.60 Å². The van der Waals surface area contributed by atoms with Gasteiger partial charge in [0.25, 0.3) is 0 Å². The zero-order valence-electron chi connectivity index (χ0n) is 15.8. The minimum atomic E-state index is -2.37. The molecule has 1 aromatic carbocycles. The molecule has 0 atom stereocenters. The van der Waals surface area contributed by atoms with Crippen LogP contribution in [0.25, 0.3) is 0 Å². The lowest BCUT2D eigenvalue weighted by Gasteiger charge is -2.22. The Morgan fingerprint density at radius 1 is 0.958 bits per heavy atom. The summed E-state index contributed by atoms with van der Waals surface area (Å²) in [4.78, 5) is 18.5. The van der Waals surface area contributed by atoms with Gasteiger partial charge in [-0.2, -0.15) is 0 Å². The van der Waals surface area contributed by atoms with Gasteiger partial charge in [0.15, 0.2) is 0 Å². The van der Waals surface area contributed by atoms with E-state index in [9.17, 15) is 9.79 Å². The summed E-state index contributed by atoms with van der Waals surface area (Å²) < 4.78 is 5.29. The van der Waals surface area contributed by atoms with Gasteiger partial charge in [-0.3, -0.25) is 0 Å². The quantitative estimate of drug-likeness (QED) is 0.370. The number of rotatable bonds is 11. The topological polar surface area (TPSA) is 49.7 Å². The molecule has 0 aliphatic rings. The van der Waals surface area contributed by atoms with E-state index in [0.29, 0.717) is 5.75 Å². The van der Waals surface area contributed by atoms with Gasteiger partial charge in [0.05, 0.1) is 0 Å². The number of hydrogen-bond donors (Lipinski definition) is 2. The standard InChI is InChI=1S/C20H35O3P/c1-5-6-7-8-9-10-11-14-18-17(16-20(2,3)4)13-12-15-19(18)23-24(21)22/h12-13,15,21-22H,5-11,14,16H2,1-4H3. The van der Waals surface area contributed by atoms with E-state index in [1.807, 2.05) is 12.1 Å². The first-order chi connectivity index (χ1) is 11.3. The lowest BCUT2D eigenvalue weighted by Crippen LogP contribution is -2.11. The molecule has 0 spiro atoms. The Hall–Kier alpha value is -0.630. The van der Waals surface area contributed by atoms with Gasteiger partial charge in [0, 0.05) is 0 Å². The molecular formula is C20H35O3P. The molecule has 0 aliphatic heterocycles. The molecule has 1 rings (SSSR count). The molecule has 3 nitrogen and oxygen atoms in total. The zero-order chi connectivity index (χ0) is 18.0. The van der Waals surface area contributed by atoms with Crippen molar-refractivity contribution in [1.29, 1.82) is 0 Å². The fourth-order valence-electron chi connectivity index (χ4n) is 3.06. The zero-order valence-corrected chi connectivity index (χ0v) is 16.7. The van der Waals surface area contributed by atoms with Crippen molar-refractivity contribution in [3.63, 3.8) is 0 Å². The van der Waals surface area contributed by atoms with Crippen LogP contribution in [-0.2, 0) is 12.8 Å². The Morgan fingerprint density at radius 2 is 1.58 bits per heavy atom. The predicted molar refractivity (Wildman–Crippen MR) is 103 cm³/mol. The molecule has 4 heteroatoms. The average molecular weight is 354 g/mol. The monoisotopic (exact) mass is 354 g/mol. The Morgan fingerprint density at radius 3 is 2.17 bits per heavy atom. The summed E-state index contributed by atoms with van der Waals surface area (Å²) in [5.74, 6) is 0.638. The second kappa shape index (κ2) is 11.1. The summed E-state index contributed by atoms with van der Waals surface area (Å²) in [7, 11) is -2.37. The lowest BCUT2D eigenvalue weighted by atomic mass is 9.85. The molecule has 24 heavy (non-hydrogen) atoms. The minimum absolute atomic E-state index is 0.191. The Labute approximate surface area is 149 Å². The molecule has 0 amide bonds. The van der Waals surface area contributed by atoms with Crippen LogP contribution >= 0.6 is 8.60 Å². The second-order valence-electron chi connectivity index (χ2n) is 7.85. The number of unbranched alkanes of at least 4 members (excludes halogenated alkanes) is 6. The summed E-state index contributed by atoms with van der Waals surface area (Å²) in [6, 6.07) is 5.94. The van der Waals surface area contributed by atoms with Crippen molar-refractivity contribution < 1.29 is 14.3 Å². The summed E-state index contributed by atoms with van der Waals surface area (Å²) in [5.41, 5.74) is 2.61. The van der Waals surface area contributed by atoms with Crippen LogP contribution < -0.4 is 4.52 Å². The highest BCUT2D eigenvalue weighted by atomic mass is 31.2. The summed E-state index contributed by atoms with van der Waals surface area (Å²) >= 11 is 0. The van der Waals surface area contributed by atoms with E-state index < -0.39 is 8.60 Å². The molecule has 0 fully saturated rings. The van der Waals surface area contributed by atoms with Gasteiger partial charge in [-0.1, -0.05) is 78.4 Å². The van der Waals surface area contributed by atoms with Crippen LogP contribution in [0.2, 0.25) is 0 Å². The van der Waals surface area contributed by atoms with Crippen LogP contribution in [0.5, 0.6) is 5.75 Å². The van der Waals surface area contributed by atoms with Crippen molar-refractivity contribution in [3.05, 3.63) is 29.3 Å². The van der Waals surface area contributed by atoms with Crippen molar-refractivity contribution in [1.82, 2.24) is 0 Å². The molecule has 138 valence electrons. The molecule has 0 saturated heterocycles. The van der Waals surface area contributed by atoms with Gasteiger partial charge in [0.2, 0.25) is 0 Å². The van der Waals surface area contributed by atoms with E-state index in [1.165, 1.54) is 44.1 Å². The molecule has 0 unspecified atom stereocenters. The maximum absolute atomic E-state index is 9.24. The van der Waals surface area contributed by atoms with E-state index in [1.54, 1.807) is 0 Å². The SMILES string of the molecule is CCCCCCCCCc1c(CC(C)(C)C)cccc1OP(O)O. The van der Waals surface area contributed by atoms with Crippen molar-refractivity contribution in [2.24, 2.45) is 5.41 Å². The van der Waals surface area contributed by atoms with E-state index in [0.717, 1.165) is 24.8 Å². The molecular weight excluding hydrogens is 319 g/mol. The third-order valence-corrected chi connectivity index (χ3v) is 4.52. The van der Waals surface area contributed by atoms with Crippen molar-refractivity contribution in [2.45, 2.75) is 85.5 Å². The third-order valence-electron chi connectivity index (χ3n) is 4.16. The highest BCUT2D eigenvalue weighted by molar-refractivity contribution is 7.39. The van der Waals surface area contributed by atoms with Gasteiger partial charge in [-0.05, 0) is 41.9 Å². The first-order valence-corrected chi connectivity index (χ1v) is 10.5. The van der Waals surface area contributed by atoms with E-state index in [2.05, 4.69) is 33.8 Å². The number of hydrogen-bond acceptors (Lipinski definition) is 3. The van der Waals surface area contributed by atoms with E-state index in [4.69, 9.17) is 4.52 Å². The number of benzene rings is 1. The first-order valence-electron chi connectivity index (χ1n) is 9.30. The summed E-state index contributed by atoms with van der Waals surface area (Å²) in [6.07, 6.45) is 10.8. The minimum Gasteiger partial charge on any atom is -0.427 e. The van der Waals surface area contributed by atoms with E-state index >= 15 is 0 Å². The van der Waals surface area contributed by atoms with Gasteiger partial charge in [0.1, 0.15) is 5.75 Å². The molecule has 0 radical (unpaired) electrons. The average Bonchev–Trinajstić information content (AvgIpc) is 2.46. The summed E-state index contributed by atoms with van der Waals surface area (Å²) in [6.45, 7) is 8.92. The van der Waals surface area contributed by atoms with Gasteiger partial charge >= 0.3 is 8.60 Å². The molecule has 1 aromatic rings. The lowest BCUT2D eigenvalue weighted by molar-refractivity contribution is 0.371. The first kappa shape index (κ1) is 21.4. The maximum Gasteiger partial charge on any atom is 0.391 e. The van der Waals surface area contributed by atoms with Gasteiger partial charge in [-0.25, -0.2) is 0 Å². The maximum atomic E-state index is 9.24. The smallest absolute Gasteiger partial charge is 0.391 e. The van der Waals surface area contributed by atoms with Crippen LogP contribution in [0.4, 0.5) is 0 Å². The van der Waals surface area contributed by atoms with Crippen LogP contribution in [0.1, 0.15) is 83.8 Å². The normalized spacial score (nSPS) is 12.0. The fraction of sp³-hybridized carbons (Fsp3) is 0.700. The molecule has 0 saturated carbocycles. The highest BCUT2D eigenvalue weighted by Crippen LogP contribution is 2.36. The predicted octanol–water partition coefficient (Wildman–Crippen LogP) is 6.16. The molecule has 2 N–H and O–H groups in total. The Balaban J connectivity index is 2.69. The molecule has 0 bridgehead atoms. The largest absolute Gasteiger partial charge is 0.427 e. The molecule has 0 heterocycles. The fourth-order valence-corrected chi connectivity index (χ4v) is 3.41. The second-order valence-corrected chi connectivity index (χ2v) is 8.53. The molecule has 0 aliphatic carbocycles. The summed E-state index contributed by atoms with van der Waals surface area (Å²) in [5, 5.41) is 0. The van der Waals surface area contributed by atoms with Crippen LogP contribution in [0, 0.1) is 5.41 Å². The van der Waals surface area contributed by atoms with Crippen molar-refractivity contribution in [3.8, 4) is 5.75 Å². The van der Waals surface area contributed by atoms with Gasteiger partial charge in [-0.15, -0.1) is 0 Å². The Bertz CT molecular complexity index is 466. The van der Waals surface area contributed by atoms with Crippen LogP contribution in [-0.4, -0.2) is 9.79 Å². The molecule has 0 aromatic heterocycles. The van der Waals surface area contributed by atoms with Crippen molar-refractivity contribution in [2.75, 3.05) is 0 Å². The van der Waals surface area contributed by atoms with E-state index in [-0.39, 0.29) is 5.41 Å².